The van der Waals surface area contributed by atoms with E-state index in [1.165, 1.54) is 5.56 Å². The molecule has 1 heterocycles. The minimum absolute atomic E-state index is 0.228. The van der Waals surface area contributed by atoms with Crippen LogP contribution in [0.5, 0.6) is 11.5 Å². The second-order valence-electron chi connectivity index (χ2n) is 7.07. The summed E-state index contributed by atoms with van der Waals surface area (Å²) >= 11 is 0. The third-order valence-electron chi connectivity index (χ3n) is 5.16. The van der Waals surface area contributed by atoms with Crippen LogP contribution in [0.2, 0.25) is 0 Å². The Bertz CT molecular complexity index is 1010. The summed E-state index contributed by atoms with van der Waals surface area (Å²) < 4.78 is 10.9. The number of ether oxygens (including phenoxy) is 2. The number of methoxy groups -OCH3 is 1. The number of oxime groups is 1. The molecule has 0 spiro atoms. The van der Waals surface area contributed by atoms with Crippen molar-refractivity contribution in [3.8, 4) is 11.5 Å². The number of hydrogen-bond acceptors (Lipinski definition) is 7. The quantitative estimate of drug-likeness (QED) is 0.353. The summed E-state index contributed by atoms with van der Waals surface area (Å²) in [6.07, 6.45) is 3.17. The fourth-order valence-corrected chi connectivity index (χ4v) is 3.61. The van der Waals surface area contributed by atoms with E-state index in [2.05, 4.69) is 32.6 Å². The van der Waals surface area contributed by atoms with Gasteiger partial charge < -0.3 is 20.0 Å². The van der Waals surface area contributed by atoms with Crippen LogP contribution in [0.15, 0.2) is 65.9 Å². The SMILES string of the molecule is COc1ccc(OCCNc2ncc3c(n2)CC(c2ccccc2)C/C3=N\O)cc1. The number of nitrogens with zero attached hydrogens (tertiary/aromatic N) is 3. The van der Waals surface area contributed by atoms with E-state index in [1.807, 2.05) is 42.5 Å². The first-order valence-corrected chi connectivity index (χ1v) is 9.89. The fourth-order valence-electron chi connectivity index (χ4n) is 3.61. The van der Waals surface area contributed by atoms with E-state index in [-0.39, 0.29) is 5.92 Å². The maximum Gasteiger partial charge on any atom is 0.223 e. The second-order valence-corrected chi connectivity index (χ2v) is 7.07. The van der Waals surface area contributed by atoms with Crippen LogP contribution in [0.3, 0.4) is 0 Å². The summed E-state index contributed by atoms with van der Waals surface area (Å²) in [7, 11) is 1.63. The molecule has 0 fully saturated rings. The van der Waals surface area contributed by atoms with Crippen LogP contribution >= 0.6 is 0 Å². The predicted molar refractivity (Wildman–Crippen MR) is 115 cm³/mol. The number of fused-ring (bicyclic) bond motifs is 1. The van der Waals surface area contributed by atoms with Crippen molar-refractivity contribution in [1.82, 2.24) is 9.97 Å². The highest BCUT2D eigenvalue weighted by Crippen LogP contribution is 2.32. The summed E-state index contributed by atoms with van der Waals surface area (Å²) in [6, 6.07) is 17.7. The highest BCUT2D eigenvalue weighted by atomic mass is 16.5. The number of rotatable bonds is 7. The molecule has 1 atom stereocenters. The van der Waals surface area contributed by atoms with Gasteiger partial charge in [0.1, 0.15) is 18.1 Å². The zero-order chi connectivity index (χ0) is 20.8. The average Bonchev–Trinajstić information content (AvgIpc) is 2.82. The van der Waals surface area contributed by atoms with Crippen LogP contribution in [-0.4, -0.2) is 41.1 Å². The van der Waals surface area contributed by atoms with Crippen LogP contribution in [0.25, 0.3) is 0 Å². The molecule has 4 rings (SSSR count). The number of hydrogen-bond donors (Lipinski definition) is 2. The number of aromatic nitrogens is 2. The Morgan fingerprint density at radius 2 is 1.83 bits per heavy atom. The number of nitrogens with one attached hydrogen (secondary N) is 1. The molecule has 1 aliphatic carbocycles. The molecule has 0 saturated carbocycles. The summed E-state index contributed by atoms with van der Waals surface area (Å²) in [6.45, 7) is 1.04. The van der Waals surface area contributed by atoms with Gasteiger partial charge in [-0.1, -0.05) is 35.5 Å². The van der Waals surface area contributed by atoms with Crippen molar-refractivity contribution in [3.05, 3.63) is 77.6 Å². The molecule has 0 saturated heterocycles. The molecule has 0 amide bonds. The Labute approximate surface area is 175 Å². The van der Waals surface area contributed by atoms with Gasteiger partial charge in [0.05, 0.1) is 25.1 Å². The zero-order valence-corrected chi connectivity index (χ0v) is 16.8. The van der Waals surface area contributed by atoms with E-state index in [0.29, 0.717) is 31.2 Å². The van der Waals surface area contributed by atoms with Crippen LogP contribution in [0.1, 0.15) is 29.2 Å². The highest BCUT2D eigenvalue weighted by Gasteiger charge is 2.27. The van der Waals surface area contributed by atoms with Crippen LogP contribution in [-0.2, 0) is 6.42 Å². The summed E-state index contributed by atoms with van der Waals surface area (Å²) in [5, 5.41) is 16.2. The molecule has 1 aromatic heterocycles. The Hall–Kier alpha value is -3.61. The summed E-state index contributed by atoms with van der Waals surface area (Å²) in [5.41, 5.74) is 3.53. The van der Waals surface area contributed by atoms with E-state index >= 15 is 0 Å². The number of anilines is 1. The molecule has 7 heteroatoms. The van der Waals surface area contributed by atoms with Crippen LogP contribution < -0.4 is 14.8 Å². The lowest BCUT2D eigenvalue weighted by Gasteiger charge is -2.25. The van der Waals surface area contributed by atoms with Gasteiger partial charge in [0.15, 0.2) is 0 Å². The maximum absolute atomic E-state index is 9.48. The maximum atomic E-state index is 9.48. The number of benzene rings is 2. The van der Waals surface area contributed by atoms with E-state index in [9.17, 15) is 5.21 Å². The Morgan fingerprint density at radius 3 is 2.57 bits per heavy atom. The van der Waals surface area contributed by atoms with Gasteiger partial charge in [-0.2, -0.15) is 0 Å². The molecule has 7 nitrogen and oxygen atoms in total. The van der Waals surface area contributed by atoms with Crippen molar-refractivity contribution in [2.75, 3.05) is 25.6 Å². The molecule has 1 aliphatic rings. The van der Waals surface area contributed by atoms with Crippen LogP contribution in [0, 0.1) is 0 Å². The van der Waals surface area contributed by atoms with Crippen molar-refractivity contribution in [2.24, 2.45) is 5.16 Å². The van der Waals surface area contributed by atoms with E-state index in [1.54, 1.807) is 13.3 Å². The van der Waals surface area contributed by atoms with Gasteiger partial charge in [-0.05, 0) is 42.2 Å². The lowest BCUT2D eigenvalue weighted by Crippen LogP contribution is -2.22. The van der Waals surface area contributed by atoms with Crippen molar-refractivity contribution < 1.29 is 14.7 Å². The zero-order valence-electron chi connectivity index (χ0n) is 16.8. The largest absolute Gasteiger partial charge is 0.497 e. The van der Waals surface area contributed by atoms with Crippen LogP contribution in [0.4, 0.5) is 5.95 Å². The normalized spacial score (nSPS) is 16.7. The first kappa shape index (κ1) is 19.7. The Morgan fingerprint density at radius 1 is 1.07 bits per heavy atom. The lowest BCUT2D eigenvalue weighted by molar-refractivity contribution is 0.316. The standard InChI is InChI=1S/C23H24N4O3/c1-29-18-7-9-19(10-8-18)30-12-11-24-23-25-15-20-21(26-23)13-17(14-22(20)27-28)16-5-3-2-4-6-16/h2-10,15,17,28H,11-14H2,1H3,(H,24,25,26)/b27-22+. The van der Waals surface area contributed by atoms with Gasteiger partial charge in [0, 0.05) is 18.2 Å². The van der Waals surface area contributed by atoms with E-state index < -0.39 is 0 Å². The Balaban J connectivity index is 1.39. The predicted octanol–water partition coefficient (Wildman–Crippen LogP) is 3.88. The average molecular weight is 404 g/mol. The third kappa shape index (κ3) is 4.51. The van der Waals surface area contributed by atoms with Crippen molar-refractivity contribution in [1.29, 1.82) is 0 Å². The molecule has 0 bridgehead atoms. The third-order valence-corrected chi connectivity index (χ3v) is 5.16. The van der Waals surface area contributed by atoms with Crippen molar-refractivity contribution in [3.63, 3.8) is 0 Å². The van der Waals surface area contributed by atoms with Gasteiger partial charge in [0.2, 0.25) is 5.95 Å². The highest BCUT2D eigenvalue weighted by molar-refractivity contribution is 6.02. The minimum Gasteiger partial charge on any atom is -0.497 e. The van der Waals surface area contributed by atoms with Gasteiger partial charge in [-0.3, -0.25) is 0 Å². The minimum atomic E-state index is 0.228. The van der Waals surface area contributed by atoms with Gasteiger partial charge in [-0.15, -0.1) is 0 Å². The molecular formula is C23H24N4O3. The second kappa shape index (κ2) is 9.26. The molecule has 1 unspecified atom stereocenters. The molecular weight excluding hydrogens is 380 g/mol. The van der Waals surface area contributed by atoms with Gasteiger partial charge in [-0.25, -0.2) is 9.97 Å². The lowest BCUT2D eigenvalue weighted by atomic mass is 9.82. The summed E-state index contributed by atoms with van der Waals surface area (Å²) in [5.74, 6) is 2.34. The van der Waals surface area contributed by atoms with Gasteiger partial charge >= 0.3 is 0 Å². The molecule has 3 aromatic rings. The molecule has 0 radical (unpaired) electrons. The van der Waals surface area contributed by atoms with Crippen molar-refractivity contribution in [2.45, 2.75) is 18.8 Å². The first-order chi connectivity index (χ1) is 14.8. The van der Waals surface area contributed by atoms with Gasteiger partial charge in [0.25, 0.3) is 0 Å². The summed E-state index contributed by atoms with van der Waals surface area (Å²) in [4.78, 5) is 9.04. The Kier molecular flexibility index (Phi) is 6.08. The molecule has 2 aromatic carbocycles. The molecule has 0 aliphatic heterocycles. The van der Waals surface area contributed by atoms with E-state index in [0.717, 1.165) is 29.2 Å². The topological polar surface area (TPSA) is 88.9 Å². The van der Waals surface area contributed by atoms with E-state index in [4.69, 9.17) is 9.47 Å². The first-order valence-electron chi connectivity index (χ1n) is 9.89. The smallest absolute Gasteiger partial charge is 0.223 e. The molecule has 2 N–H and O–H groups in total. The molecule has 154 valence electrons. The molecule has 30 heavy (non-hydrogen) atoms. The fraction of sp³-hybridized carbons (Fsp3) is 0.261. The monoisotopic (exact) mass is 404 g/mol. The van der Waals surface area contributed by atoms with Crippen molar-refractivity contribution >= 4 is 11.7 Å².